The van der Waals surface area contributed by atoms with Gasteiger partial charge in [-0.2, -0.15) is 11.8 Å². The summed E-state index contributed by atoms with van der Waals surface area (Å²) in [6, 6.07) is 6.13. The second-order valence-corrected chi connectivity index (χ2v) is 5.56. The zero-order chi connectivity index (χ0) is 13.5. The summed E-state index contributed by atoms with van der Waals surface area (Å²) in [4.78, 5) is 0. The van der Waals surface area contributed by atoms with Crippen LogP contribution in [0.15, 0.2) is 18.2 Å². The van der Waals surface area contributed by atoms with Crippen LogP contribution in [0.1, 0.15) is 25.5 Å². The molecule has 0 saturated carbocycles. The molecule has 0 heterocycles. The molecule has 2 atom stereocenters. The Morgan fingerprint density at radius 1 is 1.22 bits per heavy atom. The number of hydrogen-bond acceptors (Lipinski definition) is 4. The van der Waals surface area contributed by atoms with Crippen molar-refractivity contribution in [3.05, 3.63) is 23.8 Å². The van der Waals surface area contributed by atoms with Crippen molar-refractivity contribution in [2.24, 2.45) is 0 Å². The Bertz CT molecular complexity index is 371. The smallest absolute Gasteiger partial charge is 0.123 e. The van der Waals surface area contributed by atoms with Crippen molar-refractivity contribution in [2.75, 3.05) is 27.0 Å². The lowest BCUT2D eigenvalue weighted by Crippen LogP contribution is -2.26. The molecule has 4 heteroatoms. The maximum absolute atomic E-state index is 5.40. The molecule has 3 nitrogen and oxygen atoms in total. The van der Waals surface area contributed by atoms with Crippen LogP contribution in [0.25, 0.3) is 0 Å². The molecule has 0 aliphatic rings. The van der Waals surface area contributed by atoms with Gasteiger partial charge in [0.2, 0.25) is 0 Å². The molecule has 1 aromatic carbocycles. The van der Waals surface area contributed by atoms with E-state index in [1.54, 1.807) is 14.2 Å². The number of ether oxygens (including phenoxy) is 2. The highest BCUT2D eigenvalue weighted by Gasteiger charge is 2.13. The van der Waals surface area contributed by atoms with Crippen LogP contribution < -0.4 is 14.8 Å². The molecule has 1 aromatic rings. The van der Waals surface area contributed by atoms with Crippen LogP contribution >= 0.6 is 11.8 Å². The molecular formula is C14H23NO2S. The van der Waals surface area contributed by atoms with Crippen molar-refractivity contribution in [1.29, 1.82) is 0 Å². The van der Waals surface area contributed by atoms with Crippen molar-refractivity contribution in [1.82, 2.24) is 5.32 Å². The Kier molecular flexibility index (Phi) is 6.36. The number of methoxy groups -OCH3 is 2. The molecule has 0 aromatic heterocycles. The molecular weight excluding hydrogens is 246 g/mol. The Hall–Kier alpha value is -0.870. The summed E-state index contributed by atoms with van der Waals surface area (Å²) in [7, 11) is 3.38. The lowest BCUT2D eigenvalue weighted by atomic mass is 10.1. The van der Waals surface area contributed by atoms with E-state index in [1.807, 2.05) is 30.0 Å². The first-order valence-electron chi connectivity index (χ1n) is 6.10. The molecule has 0 bridgehead atoms. The standard InChI is InChI=1S/C14H23NO2S/c1-10(18-5)9-15-11(2)13-8-12(16-3)6-7-14(13)17-4/h6-8,10-11,15H,9H2,1-5H3. The zero-order valence-corrected chi connectivity index (χ0v) is 12.6. The molecule has 0 radical (unpaired) electrons. The lowest BCUT2D eigenvalue weighted by Gasteiger charge is -2.19. The number of hydrogen-bond donors (Lipinski definition) is 1. The quantitative estimate of drug-likeness (QED) is 0.824. The van der Waals surface area contributed by atoms with Gasteiger partial charge in [0.15, 0.2) is 0 Å². The predicted molar refractivity (Wildman–Crippen MR) is 78.9 cm³/mol. The first kappa shape index (κ1) is 15.2. The molecule has 0 saturated heterocycles. The van der Waals surface area contributed by atoms with Gasteiger partial charge in [-0.25, -0.2) is 0 Å². The van der Waals surface area contributed by atoms with E-state index in [9.17, 15) is 0 Å². The minimum absolute atomic E-state index is 0.240. The maximum Gasteiger partial charge on any atom is 0.123 e. The zero-order valence-electron chi connectivity index (χ0n) is 11.8. The third-order valence-electron chi connectivity index (χ3n) is 3.02. The van der Waals surface area contributed by atoms with Crippen molar-refractivity contribution in [2.45, 2.75) is 25.1 Å². The molecule has 1 N–H and O–H groups in total. The van der Waals surface area contributed by atoms with E-state index in [4.69, 9.17) is 9.47 Å². The second kappa shape index (κ2) is 7.54. The van der Waals surface area contributed by atoms with Gasteiger partial charge in [-0.1, -0.05) is 6.92 Å². The summed E-state index contributed by atoms with van der Waals surface area (Å²) in [6.07, 6.45) is 2.13. The summed E-state index contributed by atoms with van der Waals surface area (Å²) in [5.41, 5.74) is 1.13. The molecule has 0 spiro atoms. The van der Waals surface area contributed by atoms with Gasteiger partial charge in [0.1, 0.15) is 11.5 Å². The van der Waals surface area contributed by atoms with E-state index >= 15 is 0 Å². The highest BCUT2D eigenvalue weighted by molar-refractivity contribution is 7.99. The molecule has 18 heavy (non-hydrogen) atoms. The Labute approximate surface area is 114 Å². The normalized spacial score (nSPS) is 14.1. The second-order valence-electron chi connectivity index (χ2n) is 4.28. The van der Waals surface area contributed by atoms with Gasteiger partial charge >= 0.3 is 0 Å². The van der Waals surface area contributed by atoms with Crippen molar-refractivity contribution in [3.63, 3.8) is 0 Å². The maximum atomic E-state index is 5.40. The molecule has 102 valence electrons. The minimum Gasteiger partial charge on any atom is -0.497 e. The fourth-order valence-electron chi connectivity index (χ4n) is 1.71. The van der Waals surface area contributed by atoms with E-state index in [-0.39, 0.29) is 6.04 Å². The molecule has 2 unspecified atom stereocenters. The highest BCUT2D eigenvalue weighted by atomic mass is 32.2. The molecule has 1 rings (SSSR count). The minimum atomic E-state index is 0.240. The topological polar surface area (TPSA) is 30.5 Å². The van der Waals surface area contributed by atoms with E-state index in [0.717, 1.165) is 23.6 Å². The molecule has 0 aliphatic carbocycles. The van der Waals surface area contributed by atoms with E-state index < -0.39 is 0 Å². The fraction of sp³-hybridized carbons (Fsp3) is 0.571. The van der Waals surface area contributed by atoms with Crippen LogP contribution in [0.4, 0.5) is 0 Å². The molecule has 0 fully saturated rings. The van der Waals surface area contributed by atoms with Crippen LogP contribution in [-0.4, -0.2) is 32.3 Å². The number of rotatable bonds is 7. The average molecular weight is 269 g/mol. The third kappa shape index (κ3) is 4.10. The number of thioether (sulfide) groups is 1. The van der Waals surface area contributed by atoms with Crippen LogP contribution in [-0.2, 0) is 0 Å². The van der Waals surface area contributed by atoms with Gasteiger partial charge in [0, 0.05) is 23.4 Å². The largest absolute Gasteiger partial charge is 0.497 e. The summed E-state index contributed by atoms with van der Waals surface area (Å²) in [6.45, 7) is 5.33. The Balaban J connectivity index is 2.78. The van der Waals surface area contributed by atoms with Crippen LogP contribution in [0.3, 0.4) is 0 Å². The van der Waals surface area contributed by atoms with Crippen LogP contribution in [0.2, 0.25) is 0 Å². The van der Waals surface area contributed by atoms with Crippen LogP contribution in [0.5, 0.6) is 11.5 Å². The SMILES string of the molecule is COc1ccc(OC)c(C(C)NCC(C)SC)c1. The average Bonchev–Trinajstić information content (AvgIpc) is 2.43. The number of nitrogens with one attached hydrogen (secondary N) is 1. The van der Waals surface area contributed by atoms with E-state index in [2.05, 4.69) is 25.4 Å². The first-order chi connectivity index (χ1) is 8.62. The van der Waals surface area contributed by atoms with Crippen LogP contribution in [0, 0.1) is 0 Å². The van der Waals surface area contributed by atoms with Gasteiger partial charge in [-0.15, -0.1) is 0 Å². The van der Waals surface area contributed by atoms with Gasteiger partial charge < -0.3 is 14.8 Å². The van der Waals surface area contributed by atoms with Crippen molar-refractivity contribution in [3.8, 4) is 11.5 Å². The monoisotopic (exact) mass is 269 g/mol. The summed E-state index contributed by atoms with van der Waals surface area (Å²) in [5.74, 6) is 1.75. The van der Waals surface area contributed by atoms with Crippen molar-refractivity contribution < 1.29 is 9.47 Å². The lowest BCUT2D eigenvalue weighted by molar-refractivity contribution is 0.392. The predicted octanol–water partition coefficient (Wildman–Crippen LogP) is 3.11. The van der Waals surface area contributed by atoms with Gasteiger partial charge in [-0.3, -0.25) is 0 Å². The fourth-order valence-corrected chi connectivity index (χ4v) is 1.98. The highest BCUT2D eigenvalue weighted by Crippen LogP contribution is 2.29. The van der Waals surface area contributed by atoms with Gasteiger partial charge in [0.25, 0.3) is 0 Å². The van der Waals surface area contributed by atoms with Gasteiger partial charge in [-0.05, 0) is 31.4 Å². The Morgan fingerprint density at radius 3 is 2.50 bits per heavy atom. The van der Waals surface area contributed by atoms with E-state index in [0.29, 0.717) is 5.25 Å². The van der Waals surface area contributed by atoms with Crippen molar-refractivity contribution >= 4 is 11.8 Å². The van der Waals surface area contributed by atoms with Gasteiger partial charge in [0.05, 0.1) is 14.2 Å². The summed E-state index contributed by atoms with van der Waals surface area (Å²) >= 11 is 1.86. The van der Waals surface area contributed by atoms with E-state index in [1.165, 1.54) is 0 Å². The summed E-state index contributed by atoms with van der Waals surface area (Å²) < 4.78 is 10.7. The number of benzene rings is 1. The first-order valence-corrected chi connectivity index (χ1v) is 7.39. The molecule has 0 amide bonds. The molecule has 0 aliphatic heterocycles. The third-order valence-corrected chi connectivity index (χ3v) is 3.99. The summed E-state index contributed by atoms with van der Waals surface area (Å²) in [5, 5.41) is 4.12. The Morgan fingerprint density at radius 2 is 1.94 bits per heavy atom.